The first kappa shape index (κ1) is 28.9. The molecule has 6 heteroatoms. The lowest BCUT2D eigenvalue weighted by Crippen LogP contribution is -2.11. The summed E-state index contributed by atoms with van der Waals surface area (Å²) in [5, 5.41) is 4.11. The van der Waals surface area contributed by atoms with Gasteiger partial charge in [0.1, 0.15) is 16.7 Å². The number of furan rings is 2. The monoisotopic (exact) mass is 656 g/mol. The Labute approximate surface area is 292 Å². The van der Waals surface area contributed by atoms with Gasteiger partial charge in [-0.1, -0.05) is 127 Å². The number of benzene rings is 7. The molecule has 10 rings (SSSR count). The van der Waals surface area contributed by atoms with E-state index < -0.39 is 0 Å². The Bertz CT molecular complexity index is 2810. The molecule has 0 saturated carbocycles. The van der Waals surface area contributed by atoms with Gasteiger partial charge in [0.05, 0.1) is 16.8 Å². The highest BCUT2D eigenvalue weighted by Crippen LogP contribution is 2.47. The van der Waals surface area contributed by atoms with Crippen LogP contribution in [0.15, 0.2) is 179 Å². The molecule has 51 heavy (non-hydrogen) atoms. The first-order chi connectivity index (χ1) is 25.3. The van der Waals surface area contributed by atoms with Crippen LogP contribution in [0.25, 0.3) is 78.0 Å². The quantitative estimate of drug-likeness (QED) is 0.177. The smallest absolute Gasteiger partial charge is 0.164 e. The number of hydrogen-bond acceptors (Lipinski definition) is 6. The first-order valence-corrected chi connectivity index (χ1v) is 16.9. The molecule has 0 saturated heterocycles. The molecular weight excluding hydrogens is 629 g/mol. The molecule has 0 aliphatic rings. The second-order valence-electron chi connectivity index (χ2n) is 12.4. The van der Waals surface area contributed by atoms with Crippen LogP contribution in [0.4, 0.5) is 17.1 Å². The molecule has 0 unspecified atom stereocenters. The van der Waals surface area contributed by atoms with Gasteiger partial charge in [-0.05, 0) is 42.5 Å². The average molecular weight is 657 g/mol. The molecule has 0 fully saturated rings. The predicted molar refractivity (Wildman–Crippen MR) is 205 cm³/mol. The summed E-state index contributed by atoms with van der Waals surface area (Å²) in [6.45, 7) is 0. The highest BCUT2D eigenvalue weighted by molar-refractivity contribution is 6.17. The lowest BCUT2D eigenvalue weighted by Gasteiger charge is -2.26. The molecule has 240 valence electrons. The largest absolute Gasteiger partial charge is 0.456 e. The van der Waals surface area contributed by atoms with Crippen molar-refractivity contribution in [3.63, 3.8) is 0 Å². The zero-order valence-electron chi connectivity index (χ0n) is 27.3. The van der Waals surface area contributed by atoms with Crippen LogP contribution in [0, 0.1) is 0 Å². The second-order valence-corrected chi connectivity index (χ2v) is 12.4. The van der Waals surface area contributed by atoms with E-state index in [2.05, 4.69) is 65.6 Å². The van der Waals surface area contributed by atoms with Crippen LogP contribution in [0.1, 0.15) is 0 Å². The fraction of sp³-hybridized carbons (Fsp3) is 0. The Morgan fingerprint density at radius 3 is 1.57 bits per heavy atom. The third-order valence-electron chi connectivity index (χ3n) is 9.29. The fourth-order valence-electron chi connectivity index (χ4n) is 6.97. The number of hydrogen-bond donors (Lipinski definition) is 0. The minimum Gasteiger partial charge on any atom is -0.456 e. The third-order valence-corrected chi connectivity index (χ3v) is 9.29. The Hall–Kier alpha value is -7.05. The number of nitrogens with zero attached hydrogens (tertiary/aromatic N) is 4. The van der Waals surface area contributed by atoms with E-state index in [1.165, 1.54) is 0 Å². The normalized spacial score (nSPS) is 11.5. The van der Waals surface area contributed by atoms with E-state index in [-0.39, 0.29) is 0 Å². The lowest BCUT2D eigenvalue weighted by molar-refractivity contribution is 0.668. The van der Waals surface area contributed by atoms with Gasteiger partial charge in [0.25, 0.3) is 0 Å². The van der Waals surface area contributed by atoms with Gasteiger partial charge in [0.2, 0.25) is 0 Å². The van der Waals surface area contributed by atoms with Gasteiger partial charge in [0.15, 0.2) is 23.1 Å². The predicted octanol–water partition coefficient (Wildman–Crippen LogP) is 12.1. The molecule has 0 spiro atoms. The zero-order valence-corrected chi connectivity index (χ0v) is 27.3. The van der Waals surface area contributed by atoms with Crippen molar-refractivity contribution >= 4 is 60.9 Å². The minimum atomic E-state index is 0.543. The van der Waals surface area contributed by atoms with Crippen molar-refractivity contribution in [2.24, 2.45) is 0 Å². The Morgan fingerprint density at radius 2 is 0.902 bits per heavy atom. The fourth-order valence-corrected chi connectivity index (χ4v) is 6.97. The average Bonchev–Trinajstić information content (AvgIpc) is 3.78. The van der Waals surface area contributed by atoms with Gasteiger partial charge >= 0.3 is 0 Å². The summed E-state index contributed by atoms with van der Waals surface area (Å²) in [5.41, 5.74) is 8.57. The SMILES string of the molecule is c1ccc(-c2nc(-c3ccccc3)nc(-c3cc(N(c4ccccc4)c4cccc5c4oc4ccccc45)c4c(c3)oc3ccccc34)n2)cc1. The van der Waals surface area contributed by atoms with Gasteiger partial charge in [-0.15, -0.1) is 0 Å². The van der Waals surface area contributed by atoms with Crippen LogP contribution >= 0.6 is 0 Å². The molecule has 0 N–H and O–H groups in total. The van der Waals surface area contributed by atoms with Crippen molar-refractivity contribution in [3.05, 3.63) is 170 Å². The zero-order chi connectivity index (χ0) is 33.7. The van der Waals surface area contributed by atoms with Crippen molar-refractivity contribution in [1.29, 1.82) is 0 Å². The van der Waals surface area contributed by atoms with Crippen LogP contribution in [0.3, 0.4) is 0 Å². The van der Waals surface area contributed by atoms with Crippen LogP contribution in [0.2, 0.25) is 0 Å². The maximum absolute atomic E-state index is 6.63. The summed E-state index contributed by atoms with van der Waals surface area (Å²) in [4.78, 5) is 17.4. The molecule has 0 aliphatic carbocycles. The summed E-state index contributed by atoms with van der Waals surface area (Å²) in [7, 11) is 0. The summed E-state index contributed by atoms with van der Waals surface area (Å²) < 4.78 is 13.3. The second kappa shape index (κ2) is 11.8. The van der Waals surface area contributed by atoms with Gasteiger partial charge in [-0.3, -0.25) is 0 Å². The number of anilines is 3. The maximum Gasteiger partial charge on any atom is 0.164 e. The molecule has 10 aromatic rings. The van der Waals surface area contributed by atoms with E-state index in [0.29, 0.717) is 17.5 Å². The van der Waals surface area contributed by atoms with Gasteiger partial charge in [-0.2, -0.15) is 0 Å². The van der Waals surface area contributed by atoms with Crippen molar-refractivity contribution < 1.29 is 8.83 Å². The molecule has 0 radical (unpaired) electrons. The Kier molecular flexibility index (Phi) is 6.70. The van der Waals surface area contributed by atoms with Crippen molar-refractivity contribution in [2.45, 2.75) is 0 Å². The molecule has 0 aliphatic heterocycles. The summed E-state index contributed by atoms with van der Waals surface area (Å²) in [6, 6.07) is 57.3. The summed E-state index contributed by atoms with van der Waals surface area (Å²) >= 11 is 0. The van der Waals surface area contributed by atoms with Crippen LogP contribution in [-0.4, -0.2) is 15.0 Å². The maximum atomic E-state index is 6.63. The number of rotatable bonds is 6. The molecule has 0 bridgehead atoms. The standard InChI is InChI=1S/C45H28N4O2/c1-4-15-29(16-5-1)43-46-44(30-17-6-2-7-18-30)48-45(47-43)31-27-37(41-35-22-11-13-26-39(35)50-40(41)28-31)49(32-19-8-3-9-20-32)36-24-14-23-34-33-21-10-12-25-38(33)51-42(34)36/h1-28H. The van der Waals surface area contributed by atoms with Gasteiger partial charge < -0.3 is 13.7 Å². The Balaban J connectivity index is 1.29. The van der Waals surface area contributed by atoms with Gasteiger partial charge in [0, 0.05) is 38.5 Å². The molecule has 0 amide bonds. The molecule has 6 nitrogen and oxygen atoms in total. The topological polar surface area (TPSA) is 68.2 Å². The van der Waals surface area contributed by atoms with Crippen LogP contribution in [0.5, 0.6) is 0 Å². The van der Waals surface area contributed by atoms with E-state index >= 15 is 0 Å². The van der Waals surface area contributed by atoms with E-state index in [9.17, 15) is 0 Å². The molecule has 3 aromatic heterocycles. The van der Waals surface area contributed by atoms with E-state index in [1.807, 2.05) is 109 Å². The van der Waals surface area contributed by atoms with Crippen LogP contribution in [-0.2, 0) is 0 Å². The number of para-hydroxylation sites is 4. The van der Waals surface area contributed by atoms with E-state index in [0.717, 1.165) is 77.6 Å². The number of aromatic nitrogens is 3. The van der Waals surface area contributed by atoms with Crippen LogP contribution < -0.4 is 4.90 Å². The minimum absolute atomic E-state index is 0.543. The number of fused-ring (bicyclic) bond motifs is 6. The highest BCUT2D eigenvalue weighted by Gasteiger charge is 2.25. The molecule has 7 aromatic carbocycles. The Morgan fingerprint density at radius 1 is 0.373 bits per heavy atom. The highest BCUT2D eigenvalue weighted by atomic mass is 16.3. The first-order valence-electron chi connectivity index (χ1n) is 16.9. The summed E-state index contributed by atoms with van der Waals surface area (Å²) in [5.74, 6) is 1.73. The van der Waals surface area contributed by atoms with Crippen molar-refractivity contribution in [2.75, 3.05) is 4.90 Å². The molecule has 3 heterocycles. The van der Waals surface area contributed by atoms with E-state index in [1.54, 1.807) is 0 Å². The molecular formula is C45H28N4O2. The van der Waals surface area contributed by atoms with E-state index in [4.69, 9.17) is 23.8 Å². The van der Waals surface area contributed by atoms with Gasteiger partial charge in [-0.25, -0.2) is 15.0 Å². The third kappa shape index (κ3) is 4.92. The lowest BCUT2D eigenvalue weighted by atomic mass is 10.0. The van der Waals surface area contributed by atoms with Crippen molar-refractivity contribution in [3.8, 4) is 34.2 Å². The molecule has 0 atom stereocenters. The van der Waals surface area contributed by atoms with Crippen molar-refractivity contribution in [1.82, 2.24) is 15.0 Å². The summed E-state index contributed by atoms with van der Waals surface area (Å²) in [6.07, 6.45) is 0.